The first kappa shape index (κ1) is 20.4. The lowest BCUT2D eigenvalue weighted by molar-refractivity contribution is 0.0721. The second-order valence-electron chi connectivity index (χ2n) is 7.00. The number of hydrogen-bond donors (Lipinski definition) is 0. The van der Waals surface area contributed by atoms with Crippen LogP contribution in [-0.2, 0) is 13.1 Å². The van der Waals surface area contributed by atoms with Crippen molar-refractivity contribution in [1.82, 2.24) is 14.5 Å². The van der Waals surface area contributed by atoms with Gasteiger partial charge in [-0.25, -0.2) is 4.98 Å². The van der Waals surface area contributed by atoms with E-state index in [1.807, 2.05) is 35.2 Å². The van der Waals surface area contributed by atoms with Crippen LogP contribution in [0.1, 0.15) is 42.7 Å². The molecule has 0 aliphatic carbocycles. The molecular formula is C20H23BrClN3OS. The van der Waals surface area contributed by atoms with Crippen LogP contribution in [0.25, 0.3) is 11.0 Å². The average molecular weight is 469 g/mol. The van der Waals surface area contributed by atoms with E-state index in [-0.39, 0.29) is 5.91 Å². The summed E-state index contributed by atoms with van der Waals surface area (Å²) < 4.78 is 3.15. The van der Waals surface area contributed by atoms with Crippen LogP contribution in [0.5, 0.6) is 0 Å². The minimum atomic E-state index is 0.0486. The summed E-state index contributed by atoms with van der Waals surface area (Å²) in [7, 11) is 0. The van der Waals surface area contributed by atoms with Crippen molar-refractivity contribution < 1.29 is 4.79 Å². The molecule has 1 amide bonds. The summed E-state index contributed by atoms with van der Waals surface area (Å²) in [6.45, 7) is 8.41. The van der Waals surface area contributed by atoms with E-state index in [1.165, 1.54) is 11.3 Å². The van der Waals surface area contributed by atoms with E-state index in [9.17, 15) is 4.79 Å². The molecule has 0 spiro atoms. The number of aryl methyl sites for hydroxylation is 1. The second kappa shape index (κ2) is 8.76. The number of carbonyl (C=O) groups is 1. The van der Waals surface area contributed by atoms with Gasteiger partial charge in [-0.3, -0.25) is 4.79 Å². The molecule has 144 valence electrons. The van der Waals surface area contributed by atoms with Gasteiger partial charge in [0, 0.05) is 18.1 Å². The lowest BCUT2D eigenvalue weighted by Gasteiger charge is -2.24. The van der Waals surface area contributed by atoms with Gasteiger partial charge in [-0.15, -0.1) is 11.3 Å². The van der Waals surface area contributed by atoms with Crippen LogP contribution in [0.15, 0.2) is 34.1 Å². The highest BCUT2D eigenvalue weighted by molar-refractivity contribution is 9.11. The number of benzene rings is 1. The lowest BCUT2D eigenvalue weighted by atomic mass is 10.2. The number of rotatable bonds is 7. The Kier molecular flexibility index (Phi) is 6.61. The van der Waals surface area contributed by atoms with Crippen molar-refractivity contribution in [2.45, 2.75) is 40.3 Å². The number of fused-ring (bicyclic) bond motifs is 1. The normalized spacial score (nSPS) is 11.5. The first-order chi connectivity index (χ1) is 12.9. The molecule has 3 aromatic rings. The quantitative estimate of drug-likeness (QED) is 0.413. The highest BCUT2D eigenvalue weighted by atomic mass is 79.9. The van der Waals surface area contributed by atoms with Crippen molar-refractivity contribution in [3.8, 4) is 0 Å². The van der Waals surface area contributed by atoms with Crippen LogP contribution < -0.4 is 0 Å². The maximum atomic E-state index is 13.1. The fourth-order valence-corrected chi connectivity index (χ4v) is 4.68. The zero-order chi connectivity index (χ0) is 19.6. The van der Waals surface area contributed by atoms with E-state index in [0.717, 1.165) is 38.5 Å². The summed E-state index contributed by atoms with van der Waals surface area (Å²) in [4.78, 5) is 20.5. The molecule has 4 nitrogen and oxygen atoms in total. The largest absolute Gasteiger partial charge is 0.330 e. The molecule has 0 saturated carbocycles. The molecule has 0 fully saturated rings. The summed E-state index contributed by atoms with van der Waals surface area (Å²) in [5.74, 6) is 1.32. The number of hydrogen-bond acceptors (Lipinski definition) is 3. The minimum Gasteiger partial charge on any atom is -0.330 e. The van der Waals surface area contributed by atoms with Gasteiger partial charge in [0.2, 0.25) is 0 Å². The van der Waals surface area contributed by atoms with Gasteiger partial charge in [0.05, 0.1) is 26.2 Å². The summed E-state index contributed by atoms with van der Waals surface area (Å²) in [5.41, 5.74) is 1.94. The number of thiophene rings is 1. The molecule has 0 N–H and O–H groups in total. The maximum Gasteiger partial charge on any atom is 0.264 e. The second-order valence-corrected chi connectivity index (χ2v) is 9.90. The van der Waals surface area contributed by atoms with Crippen molar-refractivity contribution in [3.63, 3.8) is 0 Å². The van der Waals surface area contributed by atoms with E-state index in [1.54, 1.807) is 0 Å². The molecule has 2 heterocycles. The Morgan fingerprint density at radius 1 is 1.33 bits per heavy atom. The molecule has 27 heavy (non-hydrogen) atoms. The third-order valence-corrected chi connectivity index (χ3v) is 6.07. The summed E-state index contributed by atoms with van der Waals surface area (Å²) in [5, 5.41) is 0.699. The van der Waals surface area contributed by atoms with Gasteiger partial charge in [-0.2, -0.15) is 0 Å². The fraction of sp³-hybridized carbons (Fsp3) is 0.400. The number of imidazole rings is 1. The van der Waals surface area contributed by atoms with E-state index >= 15 is 0 Å². The fourth-order valence-electron chi connectivity index (χ4n) is 3.16. The van der Waals surface area contributed by atoms with Crippen molar-refractivity contribution in [1.29, 1.82) is 0 Å². The van der Waals surface area contributed by atoms with E-state index < -0.39 is 0 Å². The van der Waals surface area contributed by atoms with E-state index in [2.05, 4.69) is 41.3 Å². The van der Waals surface area contributed by atoms with E-state index in [0.29, 0.717) is 24.0 Å². The number of nitrogens with zero attached hydrogens (tertiary/aromatic N) is 3. The molecule has 1 aromatic carbocycles. The number of halogens is 2. The van der Waals surface area contributed by atoms with Crippen LogP contribution in [0, 0.1) is 5.92 Å². The molecule has 2 aromatic heterocycles. The third-order valence-electron chi connectivity index (χ3n) is 4.23. The molecule has 0 radical (unpaired) electrons. The van der Waals surface area contributed by atoms with Crippen LogP contribution in [-0.4, -0.2) is 26.9 Å². The van der Waals surface area contributed by atoms with Crippen LogP contribution >= 0.6 is 38.9 Å². The molecular weight excluding hydrogens is 446 g/mol. The average Bonchev–Trinajstić information content (AvgIpc) is 3.18. The third kappa shape index (κ3) is 4.73. The molecule has 0 aliphatic heterocycles. The molecule has 7 heteroatoms. The molecule has 3 rings (SSSR count). The minimum absolute atomic E-state index is 0.0486. The topological polar surface area (TPSA) is 38.1 Å². The van der Waals surface area contributed by atoms with Crippen molar-refractivity contribution in [2.24, 2.45) is 5.92 Å². The molecule has 0 atom stereocenters. The Labute approximate surface area is 177 Å². The Morgan fingerprint density at radius 3 is 2.74 bits per heavy atom. The SMILES string of the molecule is CCCn1c(CN(CC(C)C)C(=O)c2ccc(Br)s2)nc2ccc(Cl)cc21. The standard InChI is InChI=1S/C20H23BrClN3OS/c1-4-9-25-16-10-14(22)5-6-15(16)23-19(25)12-24(11-13(2)3)20(26)17-7-8-18(21)27-17/h5-8,10,13H,4,9,11-12H2,1-3H3. The van der Waals surface area contributed by atoms with Gasteiger partial charge < -0.3 is 9.47 Å². The van der Waals surface area contributed by atoms with Crippen LogP contribution in [0.3, 0.4) is 0 Å². The first-order valence-corrected chi connectivity index (χ1v) is 11.1. The zero-order valence-electron chi connectivity index (χ0n) is 15.7. The smallest absolute Gasteiger partial charge is 0.264 e. The number of carbonyl (C=O) groups excluding carboxylic acids is 1. The summed E-state index contributed by atoms with van der Waals surface area (Å²) in [6, 6.07) is 9.54. The van der Waals surface area contributed by atoms with Crippen LogP contribution in [0.2, 0.25) is 5.02 Å². The van der Waals surface area contributed by atoms with Gasteiger partial charge >= 0.3 is 0 Å². The number of amides is 1. The summed E-state index contributed by atoms with van der Waals surface area (Å²) >= 11 is 11.1. The molecule has 0 bridgehead atoms. The Balaban J connectivity index is 1.97. The number of aromatic nitrogens is 2. The predicted octanol–water partition coefficient (Wildman–Crippen LogP) is 6.22. The zero-order valence-corrected chi connectivity index (χ0v) is 18.9. The van der Waals surface area contributed by atoms with Crippen LogP contribution in [0.4, 0.5) is 0 Å². The molecule has 0 aliphatic rings. The van der Waals surface area contributed by atoms with Gasteiger partial charge in [-0.1, -0.05) is 32.4 Å². The monoisotopic (exact) mass is 467 g/mol. The van der Waals surface area contributed by atoms with Gasteiger partial charge in [0.15, 0.2) is 0 Å². The van der Waals surface area contributed by atoms with Gasteiger partial charge in [0.1, 0.15) is 5.82 Å². The Morgan fingerprint density at radius 2 is 2.11 bits per heavy atom. The Hall–Kier alpha value is -1.37. The van der Waals surface area contributed by atoms with Gasteiger partial charge in [-0.05, 0) is 58.6 Å². The highest BCUT2D eigenvalue weighted by Crippen LogP contribution is 2.26. The highest BCUT2D eigenvalue weighted by Gasteiger charge is 2.22. The van der Waals surface area contributed by atoms with Crippen molar-refractivity contribution in [2.75, 3.05) is 6.54 Å². The molecule has 0 saturated heterocycles. The first-order valence-electron chi connectivity index (χ1n) is 9.08. The van der Waals surface area contributed by atoms with E-state index in [4.69, 9.17) is 16.6 Å². The predicted molar refractivity (Wildman–Crippen MR) is 117 cm³/mol. The summed E-state index contributed by atoms with van der Waals surface area (Å²) in [6.07, 6.45) is 0.987. The Bertz CT molecular complexity index is 950. The maximum absolute atomic E-state index is 13.1. The lowest BCUT2D eigenvalue weighted by Crippen LogP contribution is -2.34. The van der Waals surface area contributed by atoms with Crippen molar-refractivity contribution >= 4 is 55.8 Å². The molecule has 0 unspecified atom stereocenters. The van der Waals surface area contributed by atoms with Gasteiger partial charge in [0.25, 0.3) is 5.91 Å². The van der Waals surface area contributed by atoms with Crippen molar-refractivity contribution in [3.05, 3.63) is 49.8 Å².